The summed E-state index contributed by atoms with van der Waals surface area (Å²) in [5.74, 6) is 5.18. The fourth-order valence-electron chi connectivity index (χ4n) is 1.78. The molecule has 15 heavy (non-hydrogen) atoms. The predicted octanol–water partition coefficient (Wildman–Crippen LogP) is -0.230. The minimum Gasteiger partial charge on any atom is -0.377 e. The van der Waals surface area contributed by atoms with Gasteiger partial charge >= 0.3 is 0 Å². The summed E-state index contributed by atoms with van der Waals surface area (Å²) >= 11 is 0. The summed E-state index contributed by atoms with van der Waals surface area (Å²) in [6.45, 7) is 5.53. The maximum atomic E-state index is 11.4. The molecule has 88 valence electrons. The quantitative estimate of drug-likeness (QED) is 0.336. The van der Waals surface area contributed by atoms with Crippen molar-refractivity contribution in [1.82, 2.24) is 10.7 Å². The number of nitrogens with two attached hydrogens (primary N) is 1. The van der Waals surface area contributed by atoms with Gasteiger partial charge in [-0.2, -0.15) is 0 Å². The second-order valence-corrected chi connectivity index (χ2v) is 4.27. The molecule has 1 aliphatic rings. The first-order chi connectivity index (χ1) is 7.15. The van der Waals surface area contributed by atoms with Crippen LogP contribution in [-0.4, -0.2) is 31.2 Å². The van der Waals surface area contributed by atoms with Crippen LogP contribution in [0.2, 0.25) is 0 Å². The van der Waals surface area contributed by atoms with Crippen molar-refractivity contribution in [3.05, 3.63) is 0 Å². The molecule has 5 heteroatoms. The lowest BCUT2D eigenvalue weighted by atomic mass is 10.0. The van der Waals surface area contributed by atoms with Crippen molar-refractivity contribution < 1.29 is 9.53 Å². The van der Waals surface area contributed by atoms with Crippen molar-refractivity contribution >= 4 is 5.91 Å². The zero-order valence-electron chi connectivity index (χ0n) is 9.45. The Kier molecular flexibility index (Phi) is 5.01. The third-order valence-electron chi connectivity index (χ3n) is 2.68. The predicted molar refractivity (Wildman–Crippen MR) is 57.9 cm³/mol. The van der Waals surface area contributed by atoms with E-state index in [1.165, 1.54) is 0 Å². The zero-order chi connectivity index (χ0) is 11.3. The summed E-state index contributed by atoms with van der Waals surface area (Å²) in [4.78, 5) is 11.4. The third-order valence-corrected chi connectivity index (χ3v) is 2.68. The van der Waals surface area contributed by atoms with Crippen LogP contribution in [0.4, 0.5) is 0 Å². The number of rotatable bonds is 5. The lowest BCUT2D eigenvalue weighted by Gasteiger charge is -2.22. The highest BCUT2D eigenvalue weighted by Gasteiger charge is 2.23. The third kappa shape index (κ3) is 3.77. The van der Waals surface area contributed by atoms with Gasteiger partial charge in [0, 0.05) is 13.2 Å². The number of ether oxygens (including phenoxy) is 1. The van der Waals surface area contributed by atoms with Gasteiger partial charge in [-0.15, -0.1) is 0 Å². The summed E-state index contributed by atoms with van der Waals surface area (Å²) in [6.07, 6.45) is 2.43. The maximum Gasteiger partial charge on any atom is 0.251 e. The van der Waals surface area contributed by atoms with Crippen LogP contribution in [0.3, 0.4) is 0 Å². The highest BCUT2D eigenvalue weighted by atomic mass is 16.5. The summed E-state index contributed by atoms with van der Waals surface area (Å²) < 4.78 is 5.47. The van der Waals surface area contributed by atoms with Gasteiger partial charge in [0.2, 0.25) is 0 Å². The molecule has 0 aliphatic carbocycles. The average molecular weight is 215 g/mol. The lowest BCUT2D eigenvalue weighted by molar-refractivity contribution is -0.124. The second-order valence-electron chi connectivity index (χ2n) is 4.27. The van der Waals surface area contributed by atoms with Crippen LogP contribution >= 0.6 is 0 Å². The first kappa shape index (κ1) is 12.4. The number of carbonyl (C=O) groups excluding carboxylic acids is 1. The Hall–Kier alpha value is -0.650. The Morgan fingerprint density at radius 1 is 1.60 bits per heavy atom. The van der Waals surface area contributed by atoms with Gasteiger partial charge in [0.05, 0.1) is 12.1 Å². The van der Waals surface area contributed by atoms with Gasteiger partial charge in [-0.05, 0) is 18.8 Å². The van der Waals surface area contributed by atoms with Crippen LogP contribution in [0, 0.1) is 5.92 Å². The summed E-state index contributed by atoms with van der Waals surface area (Å²) in [5.41, 5.74) is 2.18. The number of carbonyl (C=O) groups is 1. The van der Waals surface area contributed by atoms with Gasteiger partial charge in [-0.25, -0.2) is 5.84 Å². The van der Waals surface area contributed by atoms with Crippen LogP contribution < -0.4 is 16.6 Å². The van der Waals surface area contributed by atoms with Crippen LogP contribution in [0.15, 0.2) is 0 Å². The fourth-order valence-corrected chi connectivity index (χ4v) is 1.78. The molecule has 1 aliphatic heterocycles. The van der Waals surface area contributed by atoms with Gasteiger partial charge in [0.1, 0.15) is 0 Å². The average Bonchev–Trinajstić information content (AvgIpc) is 2.70. The summed E-state index contributed by atoms with van der Waals surface area (Å²) in [5, 5.41) is 3.19. The minimum absolute atomic E-state index is 0.164. The van der Waals surface area contributed by atoms with Crippen LogP contribution in [0.25, 0.3) is 0 Å². The van der Waals surface area contributed by atoms with Gasteiger partial charge in [-0.1, -0.05) is 13.8 Å². The number of nitrogens with one attached hydrogen (secondary N) is 2. The SMILES string of the molecule is CC(C)[C@H](NC[C@@H]1CCCO1)C(=O)NN. The standard InChI is InChI=1S/C10H21N3O2/c1-7(2)9(10(14)13-11)12-6-8-4-3-5-15-8/h7-9,12H,3-6,11H2,1-2H3,(H,13,14)/t8-,9-/m0/s1. The Bertz CT molecular complexity index is 203. The van der Waals surface area contributed by atoms with Crippen LogP contribution in [-0.2, 0) is 9.53 Å². The van der Waals surface area contributed by atoms with Crippen LogP contribution in [0.1, 0.15) is 26.7 Å². The number of amides is 1. The summed E-state index contributed by atoms with van der Waals surface area (Å²) in [7, 11) is 0. The first-order valence-corrected chi connectivity index (χ1v) is 5.50. The zero-order valence-corrected chi connectivity index (χ0v) is 9.45. The first-order valence-electron chi connectivity index (χ1n) is 5.50. The molecule has 0 spiro atoms. The molecular weight excluding hydrogens is 194 g/mol. The molecule has 0 aromatic heterocycles. The molecule has 1 fully saturated rings. The molecule has 1 rings (SSSR count). The Balaban J connectivity index is 2.33. The monoisotopic (exact) mass is 215 g/mol. The van der Waals surface area contributed by atoms with E-state index in [0.29, 0.717) is 0 Å². The molecule has 4 N–H and O–H groups in total. The molecule has 5 nitrogen and oxygen atoms in total. The molecule has 1 saturated heterocycles. The highest BCUT2D eigenvalue weighted by Crippen LogP contribution is 2.11. The smallest absolute Gasteiger partial charge is 0.251 e. The molecule has 1 heterocycles. The van der Waals surface area contributed by atoms with Crippen molar-refractivity contribution in [2.45, 2.75) is 38.8 Å². The highest BCUT2D eigenvalue weighted by molar-refractivity contribution is 5.81. The van der Waals surface area contributed by atoms with E-state index < -0.39 is 0 Å². The summed E-state index contributed by atoms with van der Waals surface area (Å²) in [6, 6.07) is -0.237. The van der Waals surface area contributed by atoms with Crippen molar-refractivity contribution in [1.29, 1.82) is 0 Å². The molecular formula is C10H21N3O2. The van der Waals surface area contributed by atoms with Crippen molar-refractivity contribution in [3.8, 4) is 0 Å². The molecule has 0 radical (unpaired) electrons. The molecule has 0 aromatic carbocycles. The molecule has 2 atom stereocenters. The van der Waals surface area contributed by atoms with Gasteiger partial charge in [-0.3, -0.25) is 10.2 Å². The van der Waals surface area contributed by atoms with E-state index >= 15 is 0 Å². The van der Waals surface area contributed by atoms with E-state index in [2.05, 4.69) is 10.7 Å². The van der Waals surface area contributed by atoms with E-state index in [9.17, 15) is 4.79 Å². The Morgan fingerprint density at radius 2 is 2.33 bits per heavy atom. The number of hydrogen-bond acceptors (Lipinski definition) is 4. The van der Waals surface area contributed by atoms with E-state index in [4.69, 9.17) is 10.6 Å². The van der Waals surface area contributed by atoms with Gasteiger partial charge in [0.25, 0.3) is 5.91 Å². The minimum atomic E-state index is -0.237. The molecule has 0 unspecified atom stereocenters. The lowest BCUT2D eigenvalue weighted by Crippen LogP contribution is -2.51. The van der Waals surface area contributed by atoms with E-state index in [1.807, 2.05) is 13.8 Å². The van der Waals surface area contributed by atoms with Gasteiger partial charge in [0.15, 0.2) is 0 Å². The Labute approximate surface area is 90.7 Å². The number of hydrazine groups is 1. The largest absolute Gasteiger partial charge is 0.377 e. The molecule has 0 aromatic rings. The topological polar surface area (TPSA) is 76.4 Å². The number of hydrogen-bond donors (Lipinski definition) is 3. The normalized spacial score (nSPS) is 23.1. The molecule has 0 bridgehead atoms. The van der Waals surface area contributed by atoms with Crippen LogP contribution in [0.5, 0.6) is 0 Å². The Morgan fingerprint density at radius 3 is 2.80 bits per heavy atom. The van der Waals surface area contributed by atoms with E-state index in [-0.39, 0.29) is 24.0 Å². The molecule has 1 amide bonds. The van der Waals surface area contributed by atoms with Crippen molar-refractivity contribution in [3.63, 3.8) is 0 Å². The van der Waals surface area contributed by atoms with E-state index in [0.717, 1.165) is 26.0 Å². The van der Waals surface area contributed by atoms with Crippen molar-refractivity contribution in [2.75, 3.05) is 13.2 Å². The van der Waals surface area contributed by atoms with Crippen molar-refractivity contribution in [2.24, 2.45) is 11.8 Å². The molecule has 0 saturated carbocycles. The van der Waals surface area contributed by atoms with E-state index in [1.54, 1.807) is 0 Å². The van der Waals surface area contributed by atoms with Gasteiger partial charge < -0.3 is 10.1 Å². The maximum absolute atomic E-state index is 11.4. The second kappa shape index (κ2) is 6.05. The fraction of sp³-hybridized carbons (Fsp3) is 0.900.